The quantitative estimate of drug-likeness (QED) is 0.163. The van der Waals surface area contributed by atoms with E-state index >= 15 is 0 Å². The molecule has 2 aromatic carbocycles. The van der Waals surface area contributed by atoms with Crippen LogP contribution in [0.15, 0.2) is 59.4 Å². The van der Waals surface area contributed by atoms with Gasteiger partial charge in [-0.3, -0.25) is 4.79 Å². The minimum atomic E-state index is -4.66. The number of allylic oxidation sites excluding steroid dienone is 1. The molecule has 0 saturated heterocycles. The smallest absolute Gasteiger partial charge is 0.398 e. The van der Waals surface area contributed by atoms with E-state index in [0.717, 1.165) is 50.6 Å². The number of alkyl halides is 3. The molecule has 0 amide bonds. The normalized spacial score (nSPS) is 11.2. The molecule has 1 heterocycles. The summed E-state index contributed by atoms with van der Waals surface area (Å²) in [6, 6.07) is 14.7. The number of fused-ring (bicyclic) bond motifs is 1. The third-order valence-corrected chi connectivity index (χ3v) is 6.01. The molecule has 1 aromatic heterocycles. The minimum absolute atomic E-state index is 0.0180. The second-order valence-corrected chi connectivity index (χ2v) is 8.51. The zero-order valence-corrected chi connectivity index (χ0v) is 24.6. The summed E-state index contributed by atoms with van der Waals surface area (Å²) in [4.78, 5) is 22.5. The van der Waals surface area contributed by atoms with Crippen molar-refractivity contribution in [1.82, 2.24) is 10.3 Å². The van der Waals surface area contributed by atoms with Gasteiger partial charge in [0.25, 0.3) is 0 Å². The molecule has 0 fully saturated rings. The van der Waals surface area contributed by atoms with Gasteiger partial charge in [0.05, 0.1) is 5.56 Å². The molecule has 0 bridgehead atoms. The van der Waals surface area contributed by atoms with Crippen molar-refractivity contribution in [2.75, 3.05) is 13.6 Å². The number of aromatic nitrogens is 1. The van der Waals surface area contributed by atoms with Crippen molar-refractivity contribution in [3.05, 3.63) is 81.6 Å². The summed E-state index contributed by atoms with van der Waals surface area (Å²) < 4.78 is 41.8. The van der Waals surface area contributed by atoms with Crippen molar-refractivity contribution < 1.29 is 18.0 Å². The summed E-state index contributed by atoms with van der Waals surface area (Å²) in [5, 5.41) is 3.12. The van der Waals surface area contributed by atoms with E-state index < -0.39 is 17.3 Å². The molecule has 0 aliphatic carbocycles. The van der Waals surface area contributed by atoms with E-state index in [-0.39, 0.29) is 10.9 Å². The van der Waals surface area contributed by atoms with Crippen molar-refractivity contribution >= 4 is 29.0 Å². The molecule has 0 atom stereocenters. The van der Waals surface area contributed by atoms with Crippen LogP contribution in [0.2, 0.25) is 0 Å². The first-order chi connectivity index (χ1) is 19.3. The van der Waals surface area contributed by atoms with Gasteiger partial charge in [0.1, 0.15) is 6.79 Å². The molecular formula is C32H46F3N3O2. The van der Waals surface area contributed by atoms with E-state index in [0.29, 0.717) is 29.3 Å². The van der Waals surface area contributed by atoms with Crippen LogP contribution >= 0.6 is 0 Å². The number of nitrogens with two attached hydrogens (primary N) is 1. The Labute approximate surface area is 237 Å². The highest BCUT2D eigenvalue weighted by atomic mass is 19.4. The van der Waals surface area contributed by atoms with Crippen LogP contribution in [0, 0.1) is 0 Å². The van der Waals surface area contributed by atoms with Crippen molar-refractivity contribution in [2.24, 2.45) is 5.73 Å². The fourth-order valence-electron chi connectivity index (χ4n) is 4.31. The van der Waals surface area contributed by atoms with Crippen molar-refractivity contribution in [2.45, 2.75) is 78.8 Å². The Morgan fingerprint density at radius 2 is 1.45 bits per heavy atom. The molecule has 0 spiro atoms. The highest BCUT2D eigenvalue weighted by molar-refractivity contribution is 6.01. The Bertz CT molecular complexity index is 1190. The fourth-order valence-corrected chi connectivity index (χ4v) is 4.31. The summed E-state index contributed by atoms with van der Waals surface area (Å²) in [7, 11) is 1.94. The first kappa shape index (κ1) is 36.6. The average molecular weight is 562 g/mol. The lowest BCUT2D eigenvalue weighted by molar-refractivity contribution is -0.136. The first-order valence-corrected chi connectivity index (χ1v) is 14.0. The standard InChI is InChI=1S/C27H32F3N3O.2C2H6.CH2O/c1-32-17-10-5-3-2-4-9-14-21(26(31)19-12-7-6-8-13-19)20-15-11-16-23-25(20)22(27(28,29)30)18-24(34)33-23;3*1-2/h6-8,11-13,15-16,18,32H,2-5,9-10,14,17,31H2,1H3,(H,33,34);2*1-2H3;1H2/b26-21-;;;. The molecule has 0 saturated carbocycles. The molecule has 40 heavy (non-hydrogen) atoms. The Balaban J connectivity index is 0.00000237. The lowest BCUT2D eigenvalue weighted by Gasteiger charge is -2.18. The molecule has 3 aromatic rings. The molecular weight excluding hydrogens is 515 g/mol. The topological polar surface area (TPSA) is 88.0 Å². The van der Waals surface area contributed by atoms with Gasteiger partial charge >= 0.3 is 6.18 Å². The van der Waals surface area contributed by atoms with E-state index in [4.69, 9.17) is 10.5 Å². The Morgan fingerprint density at radius 3 is 2.02 bits per heavy atom. The van der Waals surface area contributed by atoms with Crippen molar-refractivity contribution in [1.29, 1.82) is 0 Å². The maximum absolute atomic E-state index is 13.9. The second-order valence-electron chi connectivity index (χ2n) is 8.51. The molecule has 222 valence electrons. The highest BCUT2D eigenvalue weighted by Gasteiger charge is 2.34. The van der Waals surface area contributed by atoms with Gasteiger partial charge in [0.15, 0.2) is 0 Å². The fraction of sp³-hybridized carbons (Fsp3) is 0.438. The maximum Gasteiger partial charge on any atom is 0.417 e. The van der Waals surface area contributed by atoms with E-state index in [1.54, 1.807) is 12.1 Å². The monoisotopic (exact) mass is 561 g/mol. The molecule has 0 unspecified atom stereocenters. The summed E-state index contributed by atoms with van der Waals surface area (Å²) in [6.45, 7) is 11.0. The largest absolute Gasteiger partial charge is 0.417 e. The SMILES string of the molecule is C=O.CC.CC.CNCCCCCCCC/C(=C(/N)c1ccccc1)c1cccc2[nH]c(=O)cc(C(F)(F)F)c12. The van der Waals surface area contributed by atoms with Gasteiger partial charge in [0.2, 0.25) is 5.56 Å². The third-order valence-electron chi connectivity index (χ3n) is 6.01. The molecule has 4 N–H and O–H groups in total. The second kappa shape index (κ2) is 20.5. The summed E-state index contributed by atoms with van der Waals surface area (Å²) >= 11 is 0. The Kier molecular flexibility index (Phi) is 18.8. The summed E-state index contributed by atoms with van der Waals surface area (Å²) in [5.41, 5.74) is 7.31. The number of hydrogen-bond donors (Lipinski definition) is 3. The average Bonchev–Trinajstić information content (AvgIpc) is 2.98. The van der Waals surface area contributed by atoms with Crippen LogP contribution < -0.4 is 16.6 Å². The van der Waals surface area contributed by atoms with Gasteiger partial charge in [-0.1, -0.05) is 95.8 Å². The van der Waals surface area contributed by atoms with E-state index in [1.807, 2.05) is 71.9 Å². The predicted molar refractivity (Wildman–Crippen MR) is 163 cm³/mol. The number of aromatic amines is 1. The van der Waals surface area contributed by atoms with E-state index in [2.05, 4.69) is 10.3 Å². The van der Waals surface area contributed by atoms with Gasteiger partial charge < -0.3 is 20.8 Å². The molecule has 5 nitrogen and oxygen atoms in total. The lowest BCUT2D eigenvalue weighted by atomic mass is 9.90. The van der Waals surface area contributed by atoms with Crippen LogP contribution in [0.1, 0.15) is 89.3 Å². The number of rotatable bonds is 11. The molecule has 0 aliphatic rings. The predicted octanol–water partition coefficient (Wildman–Crippen LogP) is 8.19. The Hall–Kier alpha value is -3.39. The third kappa shape index (κ3) is 11.4. The zero-order valence-electron chi connectivity index (χ0n) is 24.6. The number of nitrogens with one attached hydrogen (secondary N) is 2. The van der Waals surface area contributed by atoms with Gasteiger partial charge in [0, 0.05) is 22.7 Å². The van der Waals surface area contributed by atoms with Crippen LogP contribution in [0.25, 0.3) is 22.2 Å². The highest BCUT2D eigenvalue weighted by Crippen LogP contribution is 2.39. The number of carbonyl (C=O) groups excluding carboxylic acids is 1. The number of hydrogen-bond acceptors (Lipinski definition) is 4. The number of halogens is 3. The zero-order chi connectivity index (χ0) is 30.6. The maximum atomic E-state index is 13.9. The van der Waals surface area contributed by atoms with Crippen molar-refractivity contribution in [3.63, 3.8) is 0 Å². The number of benzene rings is 2. The van der Waals surface area contributed by atoms with Crippen LogP contribution in [0.5, 0.6) is 0 Å². The van der Waals surface area contributed by atoms with Crippen molar-refractivity contribution in [3.8, 4) is 0 Å². The first-order valence-electron chi connectivity index (χ1n) is 14.0. The van der Waals surface area contributed by atoms with Gasteiger partial charge in [-0.25, -0.2) is 0 Å². The van der Waals surface area contributed by atoms with Crippen LogP contribution in [0.4, 0.5) is 13.2 Å². The summed E-state index contributed by atoms with van der Waals surface area (Å²) in [5.74, 6) is 0. The number of unbranched alkanes of at least 4 members (excludes halogenated alkanes) is 5. The number of carbonyl (C=O) groups is 1. The van der Waals surface area contributed by atoms with Gasteiger partial charge in [-0.15, -0.1) is 0 Å². The Morgan fingerprint density at radius 1 is 0.875 bits per heavy atom. The van der Waals surface area contributed by atoms with Gasteiger partial charge in [-0.05, 0) is 55.6 Å². The molecule has 3 rings (SSSR count). The van der Waals surface area contributed by atoms with Crippen LogP contribution in [-0.2, 0) is 11.0 Å². The lowest BCUT2D eigenvalue weighted by Crippen LogP contribution is -2.15. The molecule has 8 heteroatoms. The van der Waals surface area contributed by atoms with Gasteiger partial charge in [-0.2, -0.15) is 13.2 Å². The molecule has 0 radical (unpaired) electrons. The van der Waals surface area contributed by atoms with E-state index in [1.165, 1.54) is 6.07 Å². The van der Waals surface area contributed by atoms with Crippen LogP contribution in [0.3, 0.4) is 0 Å². The number of pyridine rings is 1. The minimum Gasteiger partial charge on any atom is -0.398 e. The van der Waals surface area contributed by atoms with E-state index in [9.17, 15) is 18.0 Å². The summed E-state index contributed by atoms with van der Waals surface area (Å²) in [6.07, 6.45) is 2.16. The van der Waals surface area contributed by atoms with Crippen LogP contribution in [-0.4, -0.2) is 25.4 Å². The number of H-pyrrole nitrogens is 1. The molecule has 0 aliphatic heterocycles.